The Hall–Kier alpha value is -2.25. The van der Waals surface area contributed by atoms with Crippen LogP contribution in [0.15, 0.2) is 36.7 Å². The molecule has 0 unspecified atom stereocenters. The van der Waals surface area contributed by atoms with E-state index in [2.05, 4.69) is 10.00 Å². The number of piperidine rings is 1. The van der Waals surface area contributed by atoms with Crippen molar-refractivity contribution >= 4 is 5.91 Å². The summed E-state index contributed by atoms with van der Waals surface area (Å²) < 4.78 is 22.0. The number of hydrogen-bond donors (Lipinski definition) is 0. The maximum Gasteiger partial charge on any atom is 0.227 e. The first-order valence-electron chi connectivity index (χ1n) is 10.5. The van der Waals surface area contributed by atoms with Gasteiger partial charge in [-0.3, -0.25) is 9.48 Å². The molecule has 1 aromatic heterocycles. The molecule has 0 aliphatic carbocycles. The number of halogens is 1. The highest BCUT2D eigenvalue weighted by Crippen LogP contribution is 2.31. The van der Waals surface area contributed by atoms with Crippen molar-refractivity contribution in [2.24, 2.45) is 7.05 Å². The number of nitrogens with zero attached hydrogens (tertiary/aromatic N) is 4. The van der Waals surface area contributed by atoms with Gasteiger partial charge < -0.3 is 14.5 Å². The van der Waals surface area contributed by atoms with Crippen LogP contribution in [-0.2, 0) is 23.0 Å². The number of rotatable bonds is 5. The van der Waals surface area contributed by atoms with Crippen molar-refractivity contribution in [3.8, 4) is 0 Å². The van der Waals surface area contributed by atoms with Gasteiger partial charge >= 0.3 is 0 Å². The first-order valence-corrected chi connectivity index (χ1v) is 10.5. The van der Waals surface area contributed by atoms with Gasteiger partial charge in [0, 0.05) is 31.9 Å². The third kappa shape index (κ3) is 4.67. The summed E-state index contributed by atoms with van der Waals surface area (Å²) in [5, 5.41) is 4.31. The number of morpholine rings is 1. The van der Waals surface area contributed by atoms with Crippen LogP contribution in [-0.4, -0.2) is 64.4 Å². The van der Waals surface area contributed by atoms with E-state index in [4.69, 9.17) is 4.74 Å². The van der Waals surface area contributed by atoms with Crippen LogP contribution in [0.2, 0.25) is 0 Å². The Labute approximate surface area is 171 Å². The van der Waals surface area contributed by atoms with Crippen LogP contribution in [0.1, 0.15) is 36.4 Å². The Bertz CT molecular complexity index is 834. The van der Waals surface area contributed by atoms with Crippen LogP contribution in [0, 0.1) is 5.82 Å². The van der Waals surface area contributed by atoms with Crippen molar-refractivity contribution < 1.29 is 13.9 Å². The second kappa shape index (κ2) is 9.05. The van der Waals surface area contributed by atoms with E-state index >= 15 is 0 Å². The minimum atomic E-state index is -0.336. The fourth-order valence-corrected chi connectivity index (χ4v) is 4.46. The number of aryl methyl sites for hydroxylation is 1. The number of benzene rings is 1. The van der Waals surface area contributed by atoms with E-state index < -0.39 is 0 Å². The second-order valence-electron chi connectivity index (χ2n) is 8.02. The number of carbonyl (C=O) groups excluding carboxylic acids is 1. The molecule has 156 valence electrons. The lowest BCUT2D eigenvalue weighted by atomic mass is 9.98. The number of aromatic nitrogens is 2. The molecule has 1 aromatic carbocycles. The molecule has 0 N–H and O–H groups in total. The van der Waals surface area contributed by atoms with Gasteiger partial charge in [-0.2, -0.15) is 5.10 Å². The Morgan fingerprint density at radius 3 is 2.72 bits per heavy atom. The Balaban J connectivity index is 1.56. The van der Waals surface area contributed by atoms with Gasteiger partial charge in [-0.1, -0.05) is 24.6 Å². The number of likely N-dealkylation sites (tertiary alicyclic amines) is 1. The molecule has 1 amide bonds. The maximum atomic E-state index is 14.1. The van der Waals surface area contributed by atoms with E-state index in [-0.39, 0.29) is 30.3 Å². The fraction of sp³-hybridized carbons (Fsp3) is 0.545. The third-order valence-corrected chi connectivity index (χ3v) is 5.93. The van der Waals surface area contributed by atoms with E-state index in [0.717, 1.165) is 25.2 Å². The summed E-state index contributed by atoms with van der Waals surface area (Å²) in [5.41, 5.74) is 1.40. The standard InChI is InChI=1S/C22H29FN4O2/c1-25-15-18(14-24-25)22-20(16-26-9-5-2-6-10-26)29-12-11-27(22)21(28)13-17-7-3-4-8-19(17)23/h3-4,7-8,14-15,20,22H,2,5-6,9-13,16H2,1H3/t20-,22-/m0/s1. The predicted octanol–water partition coefficient (Wildman–Crippen LogP) is 2.56. The second-order valence-corrected chi connectivity index (χ2v) is 8.02. The zero-order chi connectivity index (χ0) is 20.2. The lowest BCUT2D eigenvalue weighted by Gasteiger charge is -2.43. The molecule has 6 nitrogen and oxygen atoms in total. The molecule has 2 aromatic rings. The highest BCUT2D eigenvalue weighted by molar-refractivity contribution is 5.79. The summed E-state index contributed by atoms with van der Waals surface area (Å²) >= 11 is 0. The molecule has 7 heteroatoms. The van der Waals surface area contributed by atoms with Crippen molar-refractivity contribution in [1.29, 1.82) is 0 Å². The number of hydrogen-bond acceptors (Lipinski definition) is 4. The van der Waals surface area contributed by atoms with E-state index in [1.807, 2.05) is 24.3 Å². The number of amides is 1. The molecule has 2 aliphatic rings. The summed E-state index contributed by atoms with van der Waals surface area (Å²) in [6.45, 7) is 3.94. The molecule has 4 rings (SSSR count). The molecule has 2 saturated heterocycles. The van der Waals surface area contributed by atoms with Gasteiger partial charge in [0.05, 0.1) is 31.4 Å². The van der Waals surface area contributed by atoms with Crippen molar-refractivity contribution in [2.45, 2.75) is 37.8 Å². The van der Waals surface area contributed by atoms with Crippen LogP contribution in [0.4, 0.5) is 4.39 Å². The molecule has 2 aliphatic heterocycles. The van der Waals surface area contributed by atoms with Crippen molar-refractivity contribution in [3.63, 3.8) is 0 Å². The monoisotopic (exact) mass is 400 g/mol. The van der Waals surface area contributed by atoms with Crippen molar-refractivity contribution in [3.05, 3.63) is 53.6 Å². The zero-order valence-corrected chi connectivity index (χ0v) is 17.0. The van der Waals surface area contributed by atoms with E-state index in [1.165, 1.54) is 25.3 Å². The quantitative estimate of drug-likeness (QED) is 0.774. The summed E-state index contributed by atoms with van der Waals surface area (Å²) in [4.78, 5) is 17.5. The molecular weight excluding hydrogens is 371 g/mol. The van der Waals surface area contributed by atoms with Crippen molar-refractivity contribution in [2.75, 3.05) is 32.8 Å². The smallest absolute Gasteiger partial charge is 0.227 e. The minimum Gasteiger partial charge on any atom is -0.373 e. The third-order valence-electron chi connectivity index (χ3n) is 5.93. The molecule has 2 fully saturated rings. The topological polar surface area (TPSA) is 50.6 Å². The summed E-state index contributed by atoms with van der Waals surface area (Å²) in [7, 11) is 1.87. The normalized spacial score (nSPS) is 23.3. The van der Waals surface area contributed by atoms with Gasteiger partial charge in [0.15, 0.2) is 0 Å². The lowest BCUT2D eigenvalue weighted by Crippen LogP contribution is -2.52. The van der Waals surface area contributed by atoms with E-state index in [9.17, 15) is 9.18 Å². The fourth-order valence-electron chi connectivity index (χ4n) is 4.46. The largest absolute Gasteiger partial charge is 0.373 e. The van der Waals surface area contributed by atoms with E-state index in [1.54, 1.807) is 22.9 Å². The van der Waals surface area contributed by atoms with Crippen molar-refractivity contribution in [1.82, 2.24) is 19.6 Å². The average molecular weight is 400 g/mol. The number of carbonyl (C=O) groups is 1. The van der Waals surface area contributed by atoms with Crippen LogP contribution >= 0.6 is 0 Å². The van der Waals surface area contributed by atoms with Crippen LogP contribution in [0.25, 0.3) is 0 Å². The maximum absolute atomic E-state index is 14.1. The molecule has 0 bridgehead atoms. The Morgan fingerprint density at radius 2 is 2.00 bits per heavy atom. The summed E-state index contributed by atoms with van der Waals surface area (Å²) in [5.74, 6) is -0.409. The van der Waals surface area contributed by atoms with Gasteiger partial charge in [0.25, 0.3) is 0 Å². The van der Waals surface area contributed by atoms with Gasteiger partial charge in [-0.15, -0.1) is 0 Å². The van der Waals surface area contributed by atoms with Crippen LogP contribution in [0.3, 0.4) is 0 Å². The van der Waals surface area contributed by atoms with Gasteiger partial charge in [0.2, 0.25) is 5.91 Å². The number of ether oxygens (including phenoxy) is 1. The highest BCUT2D eigenvalue weighted by Gasteiger charge is 2.38. The average Bonchev–Trinajstić information content (AvgIpc) is 3.16. The molecule has 2 atom stereocenters. The molecule has 0 radical (unpaired) electrons. The molecule has 29 heavy (non-hydrogen) atoms. The first kappa shape index (κ1) is 20.0. The Morgan fingerprint density at radius 1 is 1.21 bits per heavy atom. The van der Waals surface area contributed by atoms with Crippen LogP contribution in [0.5, 0.6) is 0 Å². The summed E-state index contributed by atoms with van der Waals surface area (Å²) in [6.07, 6.45) is 7.40. The van der Waals surface area contributed by atoms with Gasteiger partial charge in [0.1, 0.15) is 5.82 Å². The lowest BCUT2D eigenvalue weighted by molar-refractivity contribution is -0.148. The molecule has 0 spiro atoms. The van der Waals surface area contributed by atoms with Crippen LogP contribution < -0.4 is 0 Å². The predicted molar refractivity (Wildman–Crippen MR) is 108 cm³/mol. The SMILES string of the molecule is Cn1cc([C@H]2[C@H](CN3CCCCC3)OCCN2C(=O)Cc2ccccc2F)cn1. The Kier molecular flexibility index (Phi) is 6.25. The first-order chi connectivity index (χ1) is 14.1. The highest BCUT2D eigenvalue weighted by atomic mass is 19.1. The molecular formula is C22H29FN4O2. The minimum absolute atomic E-state index is 0.0554. The van der Waals surface area contributed by atoms with Gasteiger partial charge in [-0.05, 0) is 37.6 Å². The van der Waals surface area contributed by atoms with E-state index in [0.29, 0.717) is 18.7 Å². The molecule has 0 saturated carbocycles. The zero-order valence-electron chi connectivity index (χ0n) is 17.0. The van der Waals surface area contributed by atoms with Gasteiger partial charge in [-0.25, -0.2) is 4.39 Å². The summed E-state index contributed by atoms with van der Waals surface area (Å²) in [6, 6.07) is 6.28. The molecule has 3 heterocycles.